The van der Waals surface area contributed by atoms with Crippen LogP contribution in [-0.4, -0.2) is 24.1 Å². The van der Waals surface area contributed by atoms with E-state index in [0.29, 0.717) is 22.7 Å². The van der Waals surface area contributed by atoms with Gasteiger partial charge in [0.1, 0.15) is 5.52 Å². The summed E-state index contributed by atoms with van der Waals surface area (Å²) in [6, 6.07) is 14.1. The molecule has 0 unspecified atom stereocenters. The first-order valence-corrected chi connectivity index (χ1v) is 7.57. The van der Waals surface area contributed by atoms with E-state index in [9.17, 15) is 10.1 Å². The van der Waals surface area contributed by atoms with E-state index >= 15 is 0 Å². The van der Waals surface area contributed by atoms with Gasteiger partial charge in [0.15, 0.2) is 11.5 Å². The summed E-state index contributed by atoms with van der Waals surface area (Å²) in [5.41, 5.74) is 1.80. The lowest BCUT2D eigenvalue weighted by Crippen LogP contribution is -1.93. The van der Waals surface area contributed by atoms with Crippen molar-refractivity contribution in [2.24, 2.45) is 0 Å². The van der Waals surface area contributed by atoms with E-state index in [4.69, 9.17) is 9.47 Å². The van der Waals surface area contributed by atoms with Crippen molar-refractivity contribution in [2.75, 3.05) is 14.2 Å². The van der Waals surface area contributed by atoms with Gasteiger partial charge in [-0.05, 0) is 24.3 Å². The number of nitro groups is 1. The van der Waals surface area contributed by atoms with E-state index in [1.807, 2.05) is 36.4 Å². The molecule has 0 atom stereocenters. The summed E-state index contributed by atoms with van der Waals surface area (Å²) in [6.45, 7) is 0. The van der Waals surface area contributed by atoms with Crippen molar-refractivity contribution < 1.29 is 14.4 Å². The van der Waals surface area contributed by atoms with Gasteiger partial charge < -0.3 is 9.47 Å². The lowest BCUT2D eigenvalue weighted by Gasteiger charge is -2.09. The Labute approximate surface area is 144 Å². The van der Waals surface area contributed by atoms with Gasteiger partial charge in [0.2, 0.25) is 0 Å². The molecule has 0 saturated heterocycles. The monoisotopic (exact) mass is 336 g/mol. The van der Waals surface area contributed by atoms with E-state index in [0.717, 1.165) is 10.9 Å². The second kappa shape index (κ2) is 7.00. The molecule has 1 aromatic heterocycles. The lowest BCUT2D eigenvalue weighted by atomic mass is 10.1. The average Bonchev–Trinajstić information content (AvgIpc) is 2.64. The number of nitrogens with zero attached hydrogens (tertiary/aromatic N) is 2. The first-order chi connectivity index (χ1) is 12.1. The summed E-state index contributed by atoms with van der Waals surface area (Å²) in [7, 11) is 3.15. The topological polar surface area (TPSA) is 74.5 Å². The maximum absolute atomic E-state index is 11.2. The fraction of sp³-hybridized carbons (Fsp3) is 0.105. The third-order valence-corrected chi connectivity index (χ3v) is 3.78. The van der Waals surface area contributed by atoms with Crippen LogP contribution in [0.5, 0.6) is 11.5 Å². The highest BCUT2D eigenvalue weighted by Crippen LogP contribution is 2.32. The van der Waals surface area contributed by atoms with Crippen LogP contribution in [0.25, 0.3) is 23.1 Å². The zero-order chi connectivity index (χ0) is 17.8. The number of pyridine rings is 1. The van der Waals surface area contributed by atoms with Crippen molar-refractivity contribution >= 4 is 28.7 Å². The number of para-hydroxylation sites is 2. The van der Waals surface area contributed by atoms with Crippen LogP contribution in [0.2, 0.25) is 0 Å². The third kappa shape index (κ3) is 3.28. The first kappa shape index (κ1) is 16.4. The second-order valence-corrected chi connectivity index (χ2v) is 5.26. The summed E-state index contributed by atoms with van der Waals surface area (Å²) >= 11 is 0. The minimum absolute atomic E-state index is 0.00768. The van der Waals surface area contributed by atoms with Gasteiger partial charge in [0.25, 0.3) is 5.69 Å². The van der Waals surface area contributed by atoms with Gasteiger partial charge in [0, 0.05) is 17.0 Å². The summed E-state index contributed by atoms with van der Waals surface area (Å²) in [5.74, 6) is 1.25. The van der Waals surface area contributed by atoms with Crippen molar-refractivity contribution in [3.63, 3.8) is 0 Å². The number of fused-ring (bicyclic) bond motifs is 1. The third-order valence-electron chi connectivity index (χ3n) is 3.78. The van der Waals surface area contributed by atoms with E-state index in [-0.39, 0.29) is 5.69 Å². The molecule has 0 bridgehead atoms. The quantitative estimate of drug-likeness (QED) is 0.512. The lowest BCUT2D eigenvalue weighted by molar-refractivity contribution is -0.383. The molecule has 0 saturated carbocycles. The Morgan fingerprint density at radius 2 is 1.80 bits per heavy atom. The predicted octanol–water partition coefficient (Wildman–Crippen LogP) is 4.33. The summed E-state index contributed by atoms with van der Waals surface area (Å²) < 4.78 is 10.7. The molecule has 0 aliphatic carbocycles. The molecule has 0 N–H and O–H groups in total. The molecular formula is C19H16N2O4. The fourth-order valence-electron chi connectivity index (χ4n) is 2.61. The number of benzene rings is 2. The Hall–Kier alpha value is -3.41. The molecule has 0 amide bonds. The SMILES string of the molecule is COc1cccc(/C=C/c2ccc3cccc([N+](=O)[O-])c3n2)c1OC. The van der Waals surface area contributed by atoms with E-state index in [2.05, 4.69) is 4.98 Å². The number of ether oxygens (including phenoxy) is 2. The van der Waals surface area contributed by atoms with Crippen molar-refractivity contribution in [3.05, 3.63) is 69.9 Å². The highest BCUT2D eigenvalue weighted by molar-refractivity contribution is 5.88. The first-order valence-electron chi connectivity index (χ1n) is 7.57. The van der Waals surface area contributed by atoms with Crippen LogP contribution in [0.1, 0.15) is 11.3 Å². The Bertz CT molecular complexity index is 967. The zero-order valence-electron chi connectivity index (χ0n) is 13.8. The normalized spacial score (nSPS) is 11.0. The molecule has 25 heavy (non-hydrogen) atoms. The van der Waals surface area contributed by atoms with Crippen LogP contribution in [0.15, 0.2) is 48.5 Å². The zero-order valence-corrected chi connectivity index (χ0v) is 13.8. The molecule has 3 rings (SSSR count). The van der Waals surface area contributed by atoms with Crippen molar-refractivity contribution in [1.29, 1.82) is 0 Å². The second-order valence-electron chi connectivity index (χ2n) is 5.26. The molecule has 0 radical (unpaired) electrons. The van der Waals surface area contributed by atoms with Crippen LogP contribution >= 0.6 is 0 Å². The minimum atomic E-state index is -0.423. The van der Waals surface area contributed by atoms with E-state index in [1.54, 1.807) is 32.4 Å². The Morgan fingerprint density at radius 3 is 2.52 bits per heavy atom. The van der Waals surface area contributed by atoms with E-state index < -0.39 is 4.92 Å². The van der Waals surface area contributed by atoms with Gasteiger partial charge in [-0.15, -0.1) is 0 Å². The van der Waals surface area contributed by atoms with Gasteiger partial charge in [-0.25, -0.2) is 4.98 Å². The molecule has 2 aromatic carbocycles. The maximum Gasteiger partial charge on any atom is 0.295 e. The predicted molar refractivity (Wildman–Crippen MR) is 96.9 cm³/mol. The molecule has 6 nitrogen and oxygen atoms in total. The van der Waals surface area contributed by atoms with Crippen LogP contribution in [0.4, 0.5) is 5.69 Å². The molecule has 1 heterocycles. The number of methoxy groups -OCH3 is 2. The van der Waals surface area contributed by atoms with Crippen molar-refractivity contribution in [1.82, 2.24) is 4.98 Å². The summed E-state index contributed by atoms with van der Waals surface area (Å²) in [5, 5.41) is 11.9. The number of nitro benzene ring substituents is 1. The summed E-state index contributed by atoms with van der Waals surface area (Å²) in [4.78, 5) is 15.2. The standard InChI is InChI=1S/C19H16N2O4/c1-24-17-8-4-6-14(19(17)25-2)10-12-15-11-9-13-5-3-7-16(21(22)23)18(13)20-15/h3-12H,1-2H3/b12-10+. The highest BCUT2D eigenvalue weighted by atomic mass is 16.6. The molecule has 126 valence electrons. The average molecular weight is 336 g/mol. The Morgan fingerprint density at radius 1 is 1.00 bits per heavy atom. The molecular weight excluding hydrogens is 320 g/mol. The van der Waals surface area contributed by atoms with Gasteiger partial charge in [0.05, 0.1) is 24.8 Å². The van der Waals surface area contributed by atoms with Gasteiger partial charge in [-0.2, -0.15) is 0 Å². The van der Waals surface area contributed by atoms with Gasteiger partial charge in [-0.1, -0.05) is 30.3 Å². The number of non-ortho nitro benzene ring substituents is 1. The number of hydrogen-bond acceptors (Lipinski definition) is 5. The number of rotatable bonds is 5. The Kier molecular flexibility index (Phi) is 4.61. The van der Waals surface area contributed by atoms with Crippen LogP contribution in [0, 0.1) is 10.1 Å². The van der Waals surface area contributed by atoms with Crippen LogP contribution in [0.3, 0.4) is 0 Å². The van der Waals surface area contributed by atoms with Crippen molar-refractivity contribution in [2.45, 2.75) is 0 Å². The number of hydrogen-bond donors (Lipinski definition) is 0. The number of aromatic nitrogens is 1. The van der Waals surface area contributed by atoms with Crippen LogP contribution < -0.4 is 9.47 Å². The highest BCUT2D eigenvalue weighted by Gasteiger charge is 2.12. The largest absolute Gasteiger partial charge is 0.493 e. The molecule has 0 aliphatic rings. The molecule has 0 spiro atoms. The fourth-order valence-corrected chi connectivity index (χ4v) is 2.61. The van der Waals surface area contributed by atoms with Gasteiger partial charge >= 0.3 is 0 Å². The summed E-state index contributed by atoms with van der Waals surface area (Å²) in [6.07, 6.45) is 3.62. The van der Waals surface area contributed by atoms with Gasteiger partial charge in [-0.3, -0.25) is 10.1 Å². The van der Waals surface area contributed by atoms with Crippen LogP contribution in [-0.2, 0) is 0 Å². The smallest absolute Gasteiger partial charge is 0.295 e. The van der Waals surface area contributed by atoms with Crippen molar-refractivity contribution in [3.8, 4) is 11.5 Å². The van der Waals surface area contributed by atoms with E-state index in [1.165, 1.54) is 6.07 Å². The maximum atomic E-state index is 11.2. The molecule has 0 aliphatic heterocycles. The Balaban J connectivity index is 2.02. The minimum Gasteiger partial charge on any atom is -0.493 e. The molecule has 3 aromatic rings. The molecule has 0 fully saturated rings. The molecule has 6 heteroatoms.